The SMILES string of the molecule is Fc1ccc2nc(C(F)(F)F)nc(Nc3ccc4nc[nH]c4c3)c2c1. The van der Waals surface area contributed by atoms with Gasteiger partial charge in [0.1, 0.15) is 11.6 Å². The molecular weight excluding hydrogens is 338 g/mol. The van der Waals surface area contributed by atoms with Gasteiger partial charge in [-0.15, -0.1) is 0 Å². The summed E-state index contributed by atoms with van der Waals surface area (Å²) in [7, 11) is 0. The molecule has 2 N–H and O–H groups in total. The zero-order chi connectivity index (χ0) is 17.6. The number of benzene rings is 2. The summed E-state index contributed by atoms with van der Waals surface area (Å²) in [5, 5.41) is 2.95. The molecule has 0 bridgehead atoms. The third-order valence-electron chi connectivity index (χ3n) is 3.59. The molecule has 5 nitrogen and oxygen atoms in total. The highest BCUT2D eigenvalue weighted by atomic mass is 19.4. The standard InChI is InChI=1S/C16H9F4N5/c17-8-1-3-11-10(5-8)14(25-15(24-11)16(18,19)20)23-9-2-4-12-13(6-9)22-7-21-12/h1-7H,(H,21,22)(H,23,24,25). The molecule has 0 fully saturated rings. The second kappa shape index (κ2) is 5.40. The van der Waals surface area contributed by atoms with Gasteiger partial charge in [-0.3, -0.25) is 0 Å². The Morgan fingerprint density at radius 2 is 1.76 bits per heavy atom. The fraction of sp³-hybridized carbons (Fsp3) is 0.0625. The van der Waals surface area contributed by atoms with Crippen LogP contribution in [0.2, 0.25) is 0 Å². The fourth-order valence-corrected chi connectivity index (χ4v) is 2.47. The van der Waals surface area contributed by atoms with Crippen molar-refractivity contribution in [3.63, 3.8) is 0 Å². The lowest BCUT2D eigenvalue weighted by molar-refractivity contribution is -0.144. The van der Waals surface area contributed by atoms with Crippen molar-refractivity contribution in [3.05, 3.63) is 54.4 Å². The Balaban J connectivity index is 1.87. The normalized spacial score (nSPS) is 12.0. The van der Waals surface area contributed by atoms with Crippen LogP contribution in [0.3, 0.4) is 0 Å². The smallest absolute Gasteiger partial charge is 0.345 e. The summed E-state index contributed by atoms with van der Waals surface area (Å²) < 4.78 is 52.7. The van der Waals surface area contributed by atoms with E-state index in [2.05, 4.69) is 25.3 Å². The maximum absolute atomic E-state index is 13.5. The average Bonchev–Trinajstić information content (AvgIpc) is 3.02. The van der Waals surface area contributed by atoms with Gasteiger partial charge in [-0.05, 0) is 36.4 Å². The van der Waals surface area contributed by atoms with Gasteiger partial charge < -0.3 is 10.3 Å². The minimum atomic E-state index is -4.72. The van der Waals surface area contributed by atoms with E-state index in [-0.39, 0.29) is 16.7 Å². The van der Waals surface area contributed by atoms with Crippen molar-refractivity contribution in [2.75, 3.05) is 5.32 Å². The van der Waals surface area contributed by atoms with Crippen LogP contribution in [0.1, 0.15) is 5.82 Å². The highest BCUT2D eigenvalue weighted by molar-refractivity contribution is 5.91. The van der Waals surface area contributed by atoms with Crippen LogP contribution >= 0.6 is 0 Å². The number of hydrogen-bond donors (Lipinski definition) is 2. The van der Waals surface area contributed by atoms with Crippen LogP contribution in [0.25, 0.3) is 21.9 Å². The molecule has 0 aliphatic carbocycles. The third kappa shape index (κ3) is 2.84. The molecule has 25 heavy (non-hydrogen) atoms. The van der Waals surface area contributed by atoms with Gasteiger partial charge in [0.05, 0.1) is 22.9 Å². The Morgan fingerprint density at radius 1 is 0.960 bits per heavy atom. The van der Waals surface area contributed by atoms with Crippen molar-refractivity contribution in [2.24, 2.45) is 0 Å². The van der Waals surface area contributed by atoms with Crippen LogP contribution in [0, 0.1) is 5.82 Å². The zero-order valence-corrected chi connectivity index (χ0v) is 12.4. The van der Waals surface area contributed by atoms with Crippen LogP contribution in [0.5, 0.6) is 0 Å². The summed E-state index contributed by atoms with van der Waals surface area (Å²) >= 11 is 0. The Bertz CT molecular complexity index is 1090. The first-order valence-electron chi connectivity index (χ1n) is 7.15. The molecule has 4 rings (SSSR count). The number of nitrogens with zero attached hydrogens (tertiary/aromatic N) is 3. The molecule has 0 radical (unpaired) electrons. The van der Waals surface area contributed by atoms with E-state index in [4.69, 9.17) is 0 Å². The van der Waals surface area contributed by atoms with Crippen LogP contribution in [-0.4, -0.2) is 19.9 Å². The quantitative estimate of drug-likeness (QED) is 0.527. The summed E-state index contributed by atoms with van der Waals surface area (Å²) in [5.74, 6) is -2.02. The summed E-state index contributed by atoms with van der Waals surface area (Å²) in [6.45, 7) is 0. The maximum Gasteiger partial charge on any atom is 0.451 e. The number of nitrogens with one attached hydrogen (secondary N) is 2. The molecule has 0 saturated carbocycles. The monoisotopic (exact) mass is 347 g/mol. The van der Waals surface area contributed by atoms with Gasteiger partial charge in [0.15, 0.2) is 0 Å². The first kappa shape index (κ1) is 15.3. The van der Waals surface area contributed by atoms with Gasteiger partial charge in [-0.2, -0.15) is 13.2 Å². The van der Waals surface area contributed by atoms with Crippen molar-refractivity contribution >= 4 is 33.4 Å². The molecule has 126 valence electrons. The largest absolute Gasteiger partial charge is 0.451 e. The number of aromatic nitrogens is 4. The van der Waals surface area contributed by atoms with E-state index in [0.29, 0.717) is 16.7 Å². The van der Waals surface area contributed by atoms with Gasteiger partial charge in [0, 0.05) is 11.1 Å². The minimum absolute atomic E-state index is 0.00570. The summed E-state index contributed by atoms with van der Waals surface area (Å²) in [5.41, 5.74) is 1.88. The van der Waals surface area contributed by atoms with Crippen molar-refractivity contribution in [1.82, 2.24) is 19.9 Å². The average molecular weight is 347 g/mol. The number of rotatable bonds is 2. The van der Waals surface area contributed by atoms with Crippen molar-refractivity contribution in [2.45, 2.75) is 6.18 Å². The van der Waals surface area contributed by atoms with Crippen LogP contribution in [0.15, 0.2) is 42.7 Å². The Labute approximate surface area is 137 Å². The first-order chi connectivity index (χ1) is 11.9. The van der Waals surface area contributed by atoms with E-state index >= 15 is 0 Å². The lowest BCUT2D eigenvalue weighted by Gasteiger charge is -2.12. The van der Waals surface area contributed by atoms with Crippen LogP contribution in [0.4, 0.5) is 29.1 Å². The number of aromatic amines is 1. The lowest BCUT2D eigenvalue weighted by Crippen LogP contribution is -2.12. The lowest BCUT2D eigenvalue weighted by atomic mass is 10.2. The van der Waals surface area contributed by atoms with Crippen molar-refractivity contribution < 1.29 is 17.6 Å². The first-order valence-corrected chi connectivity index (χ1v) is 7.15. The molecule has 4 aromatic rings. The van der Waals surface area contributed by atoms with E-state index in [1.54, 1.807) is 18.2 Å². The number of anilines is 2. The predicted molar refractivity (Wildman–Crippen MR) is 83.9 cm³/mol. The van der Waals surface area contributed by atoms with E-state index in [1.165, 1.54) is 12.4 Å². The van der Waals surface area contributed by atoms with Gasteiger partial charge in [-0.25, -0.2) is 19.3 Å². The topological polar surface area (TPSA) is 66.5 Å². The number of H-pyrrole nitrogens is 1. The molecule has 0 spiro atoms. The predicted octanol–water partition coefficient (Wildman–Crippen LogP) is 4.41. The number of hydrogen-bond acceptors (Lipinski definition) is 4. The summed E-state index contributed by atoms with van der Waals surface area (Å²) in [6, 6.07) is 8.34. The molecule has 0 unspecified atom stereocenters. The second-order valence-corrected chi connectivity index (χ2v) is 5.31. The van der Waals surface area contributed by atoms with Crippen LogP contribution < -0.4 is 5.32 Å². The molecule has 0 saturated heterocycles. The molecule has 0 amide bonds. The van der Waals surface area contributed by atoms with Crippen LogP contribution in [-0.2, 0) is 6.18 Å². The molecule has 0 atom stereocenters. The van der Waals surface area contributed by atoms with E-state index in [1.807, 2.05) is 0 Å². The Hall–Kier alpha value is -3.23. The van der Waals surface area contributed by atoms with E-state index in [0.717, 1.165) is 12.1 Å². The second-order valence-electron chi connectivity index (χ2n) is 5.31. The summed E-state index contributed by atoms with van der Waals surface area (Å²) in [4.78, 5) is 14.0. The molecule has 0 aliphatic heterocycles. The Morgan fingerprint density at radius 3 is 2.56 bits per heavy atom. The molecular formula is C16H9F4N5. The molecule has 2 aromatic carbocycles. The van der Waals surface area contributed by atoms with Crippen molar-refractivity contribution in [3.8, 4) is 0 Å². The third-order valence-corrected chi connectivity index (χ3v) is 3.59. The van der Waals surface area contributed by atoms with E-state index < -0.39 is 17.8 Å². The molecule has 9 heteroatoms. The maximum atomic E-state index is 13.5. The number of imidazole rings is 1. The zero-order valence-electron chi connectivity index (χ0n) is 12.4. The molecule has 2 aromatic heterocycles. The number of alkyl halides is 3. The van der Waals surface area contributed by atoms with Gasteiger partial charge in [0.25, 0.3) is 0 Å². The fourth-order valence-electron chi connectivity index (χ4n) is 2.47. The van der Waals surface area contributed by atoms with Crippen molar-refractivity contribution in [1.29, 1.82) is 0 Å². The minimum Gasteiger partial charge on any atom is -0.345 e. The molecule has 2 heterocycles. The number of fused-ring (bicyclic) bond motifs is 2. The highest BCUT2D eigenvalue weighted by Crippen LogP contribution is 2.32. The highest BCUT2D eigenvalue weighted by Gasteiger charge is 2.35. The number of halogens is 4. The molecule has 0 aliphatic rings. The Kier molecular flexibility index (Phi) is 3.31. The summed E-state index contributed by atoms with van der Waals surface area (Å²) in [6.07, 6.45) is -3.21. The van der Waals surface area contributed by atoms with Gasteiger partial charge in [-0.1, -0.05) is 0 Å². The van der Waals surface area contributed by atoms with Gasteiger partial charge >= 0.3 is 6.18 Å². The van der Waals surface area contributed by atoms with E-state index in [9.17, 15) is 17.6 Å². The van der Waals surface area contributed by atoms with Gasteiger partial charge in [0.2, 0.25) is 5.82 Å².